The number of hydrogen-bond acceptors (Lipinski definition) is 5. The van der Waals surface area contributed by atoms with Gasteiger partial charge in [-0.15, -0.1) is 0 Å². The summed E-state index contributed by atoms with van der Waals surface area (Å²) in [6.07, 6.45) is 0. The van der Waals surface area contributed by atoms with E-state index in [1.165, 1.54) is 19.1 Å². The van der Waals surface area contributed by atoms with Crippen LogP contribution in [0.5, 0.6) is 11.5 Å². The summed E-state index contributed by atoms with van der Waals surface area (Å²) in [6.45, 7) is 3.82. The van der Waals surface area contributed by atoms with Crippen molar-refractivity contribution in [2.45, 2.75) is 19.9 Å². The Balaban J connectivity index is 2.04. The molecule has 1 atom stereocenters. The van der Waals surface area contributed by atoms with E-state index < -0.39 is 17.7 Å². The van der Waals surface area contributed by atoms with Crippen LogP contribution in [0.4, 0.5) is 5.69 Å². The van der Waals surface area contributed by atoms with Gasteiger partial charge in [-0.25, -0.2) is 0 Å². The molecule has 0 saturated carbocycles. The van der Waals surface area contributed by atoms with E-state index in [4.69, 9.17) is 9.47 Å². The van der Waals surface area contributed by atoms with Gasteiger partial charge < -0.3 is 14.6 Å². The molecule has 33 heavy (non-hydrogen) atoms. The van der Waals surface area contributed by atoms with E-state index in [1.54, 1.807) is 24.3 Å². The fourth-order valence-corrected chi connectivity index (χ4v) is 4.29. The van der Waals surface area contributed by atoms with Crippen LogP contribution in [-0.2, 0) is 9.59 Å². The summed E-state index contributed by atoms with van der Waals surface area (Å²) in [5.74, 6) is -1.15. The summed E-state index contributed by atoms with van der Waals surface area (Å²) < 4.78 is 10.9. The Labute approximate surface area is 192 Å². The molecule has 1 fully saturated rings. The number of rotatable bonds is 5. The van der Waals surface area contributed by atoms with E-state index >= 15 is 0 Å². The van der Waals surface area contributed by atoms with Gasteiger partial charge in [0.15, 0.2) is 0 Å². The molecule has 1 aliphatic rings. The van der Waals surface area contributed by atoms with Gasteiger partial charge >= 0.3 is 0 Å². The van der Waals surface area contributed by atoms with Crippen molar-refractivity contribution in [1.82, 2.24) is 0 Å². The van der Waals surface area contributed by atoms with Gasteiger partial charge in [0.1, 0.15) is 22.8 Å². The maximum absolute atomic E-state index is 13.4. The Morgan fingerprint density at radius 3 is 2.12 bits per heavy atom. The molecule has 1 amide bonds. The van der Waals surface area contributed by atoms with Crippen molar-refractivity contribution in [2.75, 3.05) is 19.1 Å². The van der Waals surface area contributed by atoms with Gasteiger partial charge in [-0.1, -0.05) is 54.1 Å². The van der Waals surface area contributed by atoms with Gasteiger partial charge in [0.05, 0.1) is 25.8 Å². The van der Waals surface area contributed by atoms with Crippen LogP contribution in [-0.4, -0.2) is 31.0 Å². The molecule has 168 valence electrons. The summed E-state index contributed by atoms with van der Waals surface area (Å²) in [5, 5.41) is 11.5. The lowest BCUT2D eigenvalue weighted by molar-refractivity contribution is -0.132. The predicted molar refractivity (Wildman–Crippen MR) is 127 cm³/mol. The largest absolute Gasteiger partial charge is 0.506 e. The molecule has 0 spiro atoms. The Morgan fingerprint density at radius 1 is 0.879 bits per heavy atom. The van der Waals surface area contributed by atoms with Crippen molar-refractivity contribution in [3.8, 4) is 11.5 Å². The number of carbonyl (C=O) groups excluding carboxylic acids is 2. The highest BCUT2D eigenvalue weighted by Crippen LogP contribution is 2.45. The van der Waals surface area contributed by atoms with Gasteiger partial charge in [-0.2, -0.15) is 0 Å². The molecule has 3 aromatic rings. The normalized spacial score (nSPS) is 17.3. The molecule has 0 radical (unpaired) electrons. The summed E-state index contributed by atoms with van der Waals surface area (Å²) in [5.41, 5.74) is 3.34. The minimum atomic E-state index is -0.819. The first-order valence-electron chi connectivity index (χ1n) is 10.5. The maximum Gasteiger partial charge on any atom is 0.300 e. The monoisotopic (exact) mass is 443 g/mol. The van der Waals surface area contributed by atoms with Crippen molar-refractivity contribution >= 4 is 23.1 Å². The highest BCUT2D eigenvalue weighted by atomic mass is 16.5. The summed E-state index contributed by atoms with van der Waals surface area (Å²) >= 11 is 0. The number of Topliss-reactive ketones (excluding diaryl/α,β-unsaturated/α-hetero) is 1. The number of aliphatic hydroxyl groups excluding tert-OH is 1. The zero-order valence-corrected chi connectivity index (χ0v) is 19.0. The molecule has 0 aliphatic carbocycles. The standard InChI is InChI=1S/C27H25NO5/c1-16-9-7-11-18(15-16)24-23(25(29)22-20(32-3)13-8-14-21(22)33-4)26(30)27(31)28(24)19-12-6-5-10-17(19)2/h5-15,24,29H,1-4H3/b25-23+. The SMILES string of the molecule is COc1cccc(OC)c1/C(O)=C1\C(=O)C(=O)N(c2ccccc2C)C1c1cccc(C)c1. The third-order valence-electron chi connectivity index (χ3n) is 5.84. The van der Waals surface area contributed by atoms with Crippen LogP contribution in [0.1, 0.15) is 28.3 Å². The summed E-state index contributed by atoms with van der Waals surface area (Å²) in [4.78, 5) is 28.2. The van der Waals surface area contributed by atoms with E-state index in [-0.39, 0.29) is 16.9 Å². The van der Waals surface area contributed by atoms with Crippen molar-refractivity contribution in [3.63, 3.8) is 0 Å². The molecule has 0 aromatic heterocycles. The molecule has 6 heteroatoms. The third-order valence-corrected chi connectivity index (χ3v) is 5.84. The topological polar surface area (TPSA) is 76.1 Å². The molecular formula is C27H25NO5. The zero-order valence-electron chi connectivity index (χ0n) is 19.0. The van der Waals surface area contributed by atoms with E-state index in [9.17, 15) is 14.7 Å². The van der Waals surface area contributed by atoms with Gasteiger partial charge in [0.25, 0.3) is 11.7 Å². The number of para-hydroxylation sites is 1. The number of aliphatic hydroxyl groups is 1. The van der Waals surface area contributed by atoms with Crippen LogP contribution in [0.25, 0.3) is 5.76 Å². The number of methoxy groups -OCH3 is 2. The Bertz CT molecular complexity index is 1250. The number of amides is 1. The number of ketones is 1. The van der Waals surface area contributed by atoms with Crippen molar-refractivity contribution in [3.05, 3.63) is 94.6 Å². The molecule has 0 bridgehead atoms. The van der Waals surface area contributed by atoms with Crippen LogP contribution in [0.3, 0.4) is 0 Å². The molecule has 1 aliphatic heterocycles. The number of benzene rings is 3. The first-order valence-corrected chi connectivity index (χ1v) is 10.5. The van der Waals surface area contributed by atoms with E-state index in [1.807, 2.05) is 56.3 Å². The second-order valence-electron chi connectivity index (χ2n) is 7.91. The van der Waals surface area contributed by atoms with Crippen molar-refractivity contribution in [2.24, 2.45) is 0 Å². The summed E-state index contributed by atoms with van der Waals surface area (Å²) in [6, 6.07) is 19.2. The number of hydrogen-bond donors (Lipinski definition) is 1. The zero-order chi connectivity index (χ0) is 23.7. The first-order chi connectivity index (χ1) is 15.9. The molecule has 4 rings (SSSR count). The summed E-state index contributed by atoms with van der Waals surface area (Å²) in [7, 11) is 2.94. The van der Waals surface area contributed by atoms with E-state index in [2.05, 4.69) is 0 Å². The number of nitrogens with zero attached hydrogens (tertiary/aromatic N) is 1. The fraction of sp³-hybridized carbons (Fsp3) is 0.185. The maximum atomic E-state index is 13.4. The minimum absolute atomic E-state index is 0.0170. The van der Waals surface area contributed by atoms with Crippen LogP contribution < -0.4 is 14.4 Å². The lowest BCUT2D eigenvalue weighted by atomic mass is 9.93. The average molecular weight is 443 g/mol. The second-order valence-corrected chi connectivity index (χ2v) is 7.91. The highest BCUT2D eigenvalue weighted by Gasteiger charge is 2.47. The van der Waals surface area contributed by atoms with Crippen LogP contribution in [0, 0.1) is 13.8 Å². The molecule has 1 N–H and O–H groups in total. The van der Waals surface area contributed by atoms with E-state index in [0.29, 0.717) is 22.7 Å². The van der Waals surface area contributed by atoms with Gasteiger partial charge in [0, 0.05) is 5.69 Å². The lowest BCUT2D eigenvalue weighted by Gasteiger charge is -2.27. The minimum Gasteiger partial charge on any atom is -0.506 e. The van der Waals surface area contributed by atoms with Gasteiger partial charge in [-0.05, 0) is 43.2 Å². The first kappa shape index (κ1) is 22.1. The van der Waals surface area contributed by atoms with E-state index in [0.717, 1.165) is 11.1 Å². The smallest absolute Gasteiger partial charge is 0.300 e. The van der Waals surface area contributed by atoms with Crippen LogP contribution in [0.15, 0.2) is 72.3 Å². The number of anilines is 1. The van der Waals surface area contributed by atoms with Crippen molar-refractivity contribution < 1.29 is 24.2 Å². The fourth-order valence-electron chi connectivity index (χ4n) is 4.29. The predicted octanol–water partition coefficient (Wildman–Crippen LogP) is 4.95. The molecule has 1 saturated heterocycles. The molecule has 3 aromatic carbocycles. The quantitative estimate of drug-likeness (QED) is 0.343. The van der Waals surface area contributed by atoms with Gasteiger partial charge in [0.2, 0.25) is 0 Å². The van der Waals surface area contributed by atoms with Gasteiger partial charge in [-0.3, -0.25) is 14.5 Å². The Morgan fingerprint density at radius 2 is 1.52 bits per heavy atom. The molecule has 1 unspecified atom stereocenters. The molecular weight excluding hydrogens is 418 g/mol. The van der Waals surface area contributed by atoms with Crippen LogP contribution >= 0.6 is 0 Å². The third kappa shape index (κ3) is 3.74. The van der Waals surface area contributed by atoms with Crippen LogP contribution in [0.2, 0.25) is 0 Å². The number of carbonyl (C=O) groups is 2. The number of aryl methyl sites for hydroxylation is 2. The lowest BCUT2D eigenvalue weighted by Crippen LogP contribution is -2.30. The van der Waals surface area contributed by atoms with Crippen molar-refractivity contribution in [1.29, 1.82) is 0 Å². The highest BCUT2D eigenvalue weighted by molar-refractivity contribution is 6.51. The molecule has 1 heterocycles. The second kappa shape index (κ2) is 8.82. The molecule has 6 nitrogen and oxygen atoms in total. The Kier molecular flexibility index (Phi) is 5.92. The Hall–Kier alpha value is -4.06. The number of ether oxygens (including phenoxy) is 2. The average Bonchev–Trinajstić information content (AvgIpc) is 3.08.